The second-order valence-electron chi connectivity index (χ2n) is 4.00. The van der Waals surface area contributed by atoms with E-state index in [4.69, 9.17) is 0 Å². The predicted octanol–water partition coefficient (Wildman–Crippen LogP) is 4.65. The average Bonchev–Trinajstić information content (AvgIpc) is 2.18. The van der Waals surface area contributed by atoms with Crippen molar-refractivity contribution in [2.75, 3.05) is 0 Å². The van der Waals surface area contributed by atoms with Gasteiger partial charge in [0.15, 0.2) is 0 Å². The van der Waals surface area contributed by atoms with Crippen LogP contribution in [-0.2, 0) is 0 Å². The number of hydrogen-bond acceptors (Lipinski definition) is 0. The summed E-state index contributed by atoms with van der Waals surface area (Å²) in [6, 6.07) is 8.62. The minimum atomic E-state index is 0.720. The molecule has 0 bridgehead atoms. The monoisotopic (exact) mass is 250 g/mol. The zero-order valence-electron chi connectivity index (χ0n) is 8.46. The third-order valence-electron chi connectivity index (χ3n) is 2.89. The summed E-state index contributed by atoms with van der Waals surface area (Å²) in [6.07, 6.45) is 6.32. The maximum Gasteiger partial charge on any atom is 0.0181 e. The van der Waals surface area contributed by atoms with Gasteiger partial charge in [-0.25, -0.2) is 0 Å². The molecule has 0 spiro atoms. The maximum atomic E-state index is 3.52. The quantitative estimate of drug-likeness (QED) is 0.681. The molecule has 1 unspecified atom stereocenters. The fraction of sp³-hybridized carbons (Fsp3) is 0.385. The molecule has 1 aliphatic rings. The highest BCUT2D eigenvalue weighted by molar-refractivity contribution is 9.10. The average molecular weight is 251 g/mol. The van der Waals surface area contributed by atoms with E-state index in [1.54, 1.807) is 0 Å². The van der Waals surface area contributed by atoms with Gasteiger partial charge in [-0.05, 0) is 48.4 Å². The molecule has 1 aromatic rings. The number of halogens is 1. The number of allylic oxidation sites excluding steroid dienone is 2. The van der Waals surface area contributed by atoms with Gasteiger partial charge in [-0.2, -0.15) is 0 Å². The van der Waals surface area contributed by atoms with E-state index in [2.05, 4.69) is 53.2 Å². The molecule has 1 heteroatoms. The second kappa shape index (κ2) is 4.31. The summed E-state index contributed by atoms with van der Waals surface area (Å²) in [5.41, 5.74) is 2.91. The molecule has 1 aromatic carbocycles. The van der Waals surface area contributed by atoms with Crippen LogP contribution in [0, 0.1) is 5.92 Å². The van der Waals surface area contributed by atoms with Crippen LogP contribution in [0.5, 0.6) is 0 Å². The first-order chi connectivity index (χ1) is 6.77. The van der Waals surface area contributed by atoms with Gasteiger partial charge in [0.2, 0.25) is 0 Å². The lowest BCUT2D eigenvalue weighted by Gasteiger charge is -2.20. The van der Waals surface area contributed by atoms with Gasteiger partial charge in [-0.3, -0.25) is 0 Å². The van der Waals surface area contributed by atoms with Gasteiger partial charge in [-0.1, -0.05) is 41.1 Å². The van der Waals surface area contributed by atoms with Crippen molar-refractivity contribution >= 4 is 21.5 Å². The third-order valence-corrected chi connectivity index (χ3v) is 3.39. The maximum absolute atomic E-state index is 3.52. The molecule has 14 heavy (non-hydrogen) atoms. The van der Waals surface area contributed by atoms with Crippen molar-refractivity contribution in [3.8, 4) is 0 Å². The number of hydrogen-bond donors (Lipinski definition) is 0. The normalized spacial score (nSPS) is 21.9. The third kappa shape index (κ3) is 2.09. The molecule has 0 aromatic heterocycles. The van der Waals surface area contributed by atoms with E-state index in [9.17, 15) is 0 Å². The van der Waals surface area contributed by atoms with Gasteiger partial charge in [0.1, 0.15) is 0 Å². The Morgan fingerprint density at radius 1 is 1.36 bits per heavy atom. The van der Waals surface area contributed by atoms with Crippen LogP contribution in [0.15, 0.2) is 34.8 Å². The van der Waals surface area contributed by atoms with E-state index >= 15 is 0 Å². The fourth-order valence-electron chi connectivity index (χ4n) is 2.11. The van der Waals surface area contributed by atoms with Crippen molar-refractivity contribution < 1.29 is 0 Å². The Hall–Kier alpha value is -0.560. The fourth-order valence-corrected chi connectivity index (χ4v) is 2.51. The van der Waals surface area contributed by atoms with Gasteiger partial charge in [0.25, 0.3) is 0 Å². The minimum Gasteiger partial charge on any atom is -0.0804 e. The van der Waals surface area contributed by atoms with Gasteiger partial charge >= 0.3 is 0 Å². The van der Waals surface area contributed by atoms with Crippen LogP contribution in [-0.4, -0.2) is 0 Å². The van der Waals surface area contributed by atoms with Crippen molar-refractivity contribution in [2.45, 2.75) is 26.2 Å². The molecule has 0 aliphatic heterocycles. The largest absolute Gasteiger partial charge is 0.0804 e. The van der Waals surface area contributed by atoms with Crippen LogP contribution in [0.3, 0.4) is 0 Å². The Balaban J connectivity index is 2.34. The van der Waals surface area contributed by atoms with Crippen LogP contribution >= 0.6 is 15.9 Å². The molecule has 0 amide bonds. The summed E-state index contributed by atoms with van der Waals surface area (Å²) in [4.78, 5) is 0. The topological polar surface area (TPSA) is 0 Å². The number of benzene rings is 1. The van der Waals surface area contributed by atoms with Crippen molar-refractivity contribution in [3.63, 3.8) is 0 Å². The first-order valence-corrected chi connectivity index (χ1v) is 6.02. The highest BCUT2D eigenvalue weighted by atomic mass is 79.9. The van der Waals surface area contributed by atoms with E-state index in [0.29, 0.717) is 0 Å². The summed E-state index contributed by atoms with van der Waals surface area (Å²) in [6.45, 7) is 2.33. The highest BCUT2D eigenvalue weighted by Gasteiger charge is 2.14. The smallest absolute Gasteiger partial charge is 0.0181 e. The van der Waals surface area contributed by atoms with E-state index in [1.807, 2.05) is 0 Å². The van der Waals surface area contributed by atoms with Crippen LogP contribution < -0.4 is 0 Å². The Morgan fingerprint density at radius 2 is 2.21 bits per heavy atom. The van der Waals surface area contributed by atoms with Crippen molar-refractivity contribution in [1.29, 1.82) is 0 Å². The molecule has 2 rings (SSSR count). The molecule has 0 fully saturated rings. The van der Waals surface area contributed by atoms with E-state index in [1.165, 1.54) is 34.9 Å². The van der Waals surface area contributed by atoms with Crippen LogP contribution in [0.25, 0.3) is 5.57 Å². The van der Waals surface area contributed by atoms with Crippen LogP contribution in [0.1, 0.15) is 31.7 Å². The van der Waals surface area contributed by atoms with Crippen molar-refractivity contribution in [1.82, 2.24) is 0 Å². The molecule has 1 atom stereocenters. The highest BCUT2D eigenvalue weighted by Crippen LogP contribution is 2.32. The Bertz CT molecular complexity index is 352. The molecule has 74 valence electrons. The molecular formula is C13H15Br. The van der Waals surface area contributed by atoms with E-state index in [-0.39, 0.29) is 0 Å². The zero-order valence-corrected chi connectivity index (χ0v) is 10.0. The van der Waals surface area contributed by atoms with Crippen LogP contribution in [0.4, 0.5) is 0 Å². The second-order valence-corrected chi connectivity index (χ2v) is 4.92. The van der Waals surface area contributed by atoms with Crippen molar-refractivity contribution in [2.24, 2.45) is 5.92 Å². The molecule has 0 nitrogen and oxygen atoms in total. The minimum absolute atomic E-state index is 0.720. The molecule has 0 radical (unpaired) electrons. The molecule has 1 aliphatic carbocycles. The number of rotatable bonds is 1. The van der Waals surface area contributed by atoms with Gasteiger partial charge in [0, 0.05) is 4.47 Å². The summed E-state index contributed by atoms with van der Waals surface area (Å²) in [5.74, 6) is 0.720. The summed E-state index contributed by atoms with van der Waals surface area (Å²) >= 11 is 3.52. The molecule has 0 N–H and O–H groups in total. The first-order valence-electron chi connectivity index (χ1n) is 5.23. The summed E-state index contributed by atoms with van der Waals surface area (Å²) in [7, 11) is 0. The van der Waals surface area contributed by atoms with Crippen LogP contribution in [0.2, 0.25) is 0 Å². The molecular weight excluding hydrogens is 236 g/mol. The molecule has 0 saturated heterocycles. The van der Waals surface area contributed by atoms with Crippen molar-refractivity contribution in [3.05, 3.63) is 40.4 Å². The van der Waals surface area contributed by atoms with E-state index < -0.39 is 0 Å². The Labute approximate surface area is 94.2 Å². The summed E-state index contributed by atoms with van der Waals surface area (Å²) < 4.78 is 1.17. The SMILES string of the molecule is CC1CCCC=C1c1cccc(Br)c1. The van der Waals surface area contributed by atoms with Gasteiger partial charge < -0.3 is 0 Å². The Kier molecular flexibility index (Phi) is 3.07. The lowest BCUT2D eigenvalue weighted by Crippen LogP contribution is -2.03. The van der Waals surface area contributed by atoms with E-state index in [0.717, 1.165) is 5.92 Å². The lowest BCUT2D eigenvalue weighted by atomic mass is 9.85. The first kappa shape index (κ1) is 9.97. The lowest BCUT2D eigenvalue weighted by molar-refractivity contribution is 0.601. The molecule has 0 heterocycles. The standard InChI is InChI=1S/C13H15Br/c1-10-5-2-3-8-13(10)11-6-4-7-12(14)9-11/h4,6-10H,2-3,5H2,1H3. The Morgan fingerprint density at radius 3 is 2.93 bits per heavy atom. The summed E-state index contributed by atoms with van der Waals surface area (Å²) in [5, 5.41) is 0. The van der Waals surface area contributed by atoms with Gasteiger partial charge in [0.05, 0.1) is 0 Å². The predicted molar refractivity (Wildman–Crippen MR) is 65.1 cm³/mol. The zero-order chi connectivity index (χ0) is 9.97. The molecule has 0 saturated carbocycles. The van der Waals surface area contributed by atoms with Gasteiger partial charge in [-0.15, -0.1) is 0 Å².